The Balaban J connectivity index is 0.00000207. The van der Waals surface area contributed by atoms with E-state index in [1.807, 2.05) is 20.8 Å². The quantitative estimate of drug-likeness (QED) is 0.241. The van der Waals surface area contributed by atoms with Crippen molar-refractivity contribution in [2.24, 2.45) is 0 Å². The second kappa shape index (κ2) is 12.9. The van der Waals surface area contributed by atoms with Gasteiger partial charge in [-0.15, -0.1) is 0 Å². The summed E-state index contributed by atoms with van der Waals surface area (Å²) in [6.45, 7) is 10.9. The highest BCUT2D eigenvalue weighted by Crippen LogP contribution is 2.40. The fraction of sp³-hybridized carbons (Fsp3) is 0.250. The smallest absolute Gasteiger partial charge is 0.328 e. The van der Waals surface area contributed by atoms with E-state index < -0.39 is 35.1 Å². The van der Waals surface area contributed by atoms with Gasteiger partial charge in [0, 0.05) is 22.4 Å². The van der Waals surface area contributed by atoms with E-state index in [1.54, 1.807) is 39.0 Å². The normalized spacial score (nSPS) is 12.2. The van der Waals surface area contributed by atoms with Gasteiger partial charge in [-0.25, -0.2) is 22.9 Å². The molecule has 0 fully saturated rings. The number of rotatable bonds is 6. The number of nitrogens with one attached hydrogen (secondary N) is 2. The van der Waals surface area contributed by atoms with Gasteiger partial charge in [0.2, 0.25) is 0 Å². The maximum Gasteiger partial charge on any atom is 0.328 e. The number of amides is 3. The minimum Gasteiger partial charge on any atom is -0.461 e. The van der Waals surface area contributed by atoms with Crippen molar-refractivity contribution < 1.29 is 27.5 Å². The molecule has 224 valence electrons. The number of urea groups is 1. The number of aromatic nitrogens is 2. The Morgan fingerprint density at radius 2 is 1.63 bits per heavy atom. The molecule has 3 aromatic carbocycles. The number of carbonyl (C=O) groups excluding carboxylic acids is 2. The number of hydrogen-bond acceptors (Lipinski definition) is 5. The van der Waals surface area contributed by atoms with Gasteiger partial charge in [-0.2, -0.15) is 9.97 Å². The van der Waals surface area contributed by atoms with Crippen molar-refractivity contribution in [2.45, 2.75) is 54.2 Å². The summed E-state index contributed by atoms with van der Waals surface area (Å²) in [6, 6.07) is 11.7. The number of ether oxygens (including phenoxy) is 1. The fourth-order valence-corrected chi connectivity index (χ4v) is 4.43. The Labute approximate surface area is 247 Å². The lowest BCUT2D eigenvalue weighted by Gasteiger charge is -2.31. The molecule has 0 aliphatic carbocycles. The zero-order valence-corrected chi connectivity index (χ0v) is 24.7. The standard InChI is InChI=1S/C30H26F3N5O3.C2H6/c1-15(2)41-29-36-25(21-14-34-30(40)38(27(21)37-29)26-22(31)6-5-7-23(26)32)20-13-19(11-9-16(20)3)35-28(39)18-10-8-17(4)24(33)12-18;1-2/h5-13,15H,14H2,1-4H3,(H,34,40)(H,35,39);1-2H3. The van der Waals surface area contributed by atoms with Crippen molar-refractivity contribution >= 4 is 29.1 Å². The SMILES string of the molecule is CC.Cc1ccc(C(=O)Nc2ccc(C)c(-c3nc(OC(C)C)nc4c3CNC(=O)N4c3c(F)cccc3F)c2)cc1F. The zero-order chi connectivity index (χ0) is 31.4. The average Bonchev–Trinajstić information content (AvgIpc) is 2.97. The first kappa shape index (κ1) is 31.0. The van der Waals surface area contributed by atoms with Crippen molar-refractivity contribution in [3.63, 3.8) is 0 Å². The molecule has 1 aliphatic heterocycles. The molecular weight excluding hydrogens is 559 g/mol. The van der Waals surface area contributed by atoms with E-state index in [-0.39, 0.29) is 30.0 Å². The lowest BCUT2D eigenvalue weighted by Crippen LogP contribution is -2.43. The molecule has 5 rings (SSSR count). The third-order valence-corrected chi connectivity index (χ3v) is 6.48. The number of aryl methyl sites for hydroxylation is 2. The van der Waals surface area contributed by atoms with Crippen LogP contribution < -0.4 is 20.3 Å². The first-order valence-corrected chi connectivity index (χ1v) is 13.8. The van der Waals surface area contributed by atoms with Crippen molar-refractivity contribution in [3.8, 4) is 17.3 Å². The van der Waals surface area contributed by atoms with Gasteiger partial charge in [0.25, 0.3) is 5.91 Å². The maximum atomic E-state index is 14.9. The summed E-state index contributed by atoms with van der Waals surface area (Å²) in [4.78, 5) is 35.6. The van der Waals surface area contributed by atoms with Crippen LogP contribution in [0, 0.1) is 31.3 Å². The second-order valence-corrected chi connectivity index (χ2v) is 9.84. The second-order valence-electron chi connectivity index (χ2n) is 9.84. The third kappa shape index (κ3) is 6.45. The Hall–Kier alpha value is -4.93. The molecule has 0 radical (unpaired) electrons. The molecule has 0 saturated carbocycles. The fourth-order valence-electron chi connectivity index (χ4n) is 4.43. The Morgan fingerprint density at radius 3 is 2.28 bits per heavy atom. The van der Waals surface area contributed by atoms with Crippen LogP contribution in [0.3, 0.4) is 0 Å². The molecule has 2 heterocycles. The maximum absolute atomic E-state index is 14.9. The van der Waals surface area contributed by atoms with Gasteiger partial charge in [0.05, 0.1) is 18.3 Å². The molecule has 4 aromatic rings. The van der Waals surface area contributed by atoms with Crippen molar-refractivity contribution in [2.75, 3.05) is 10.2 Å². The lowest BCUT2D eigenvalue weighted by atomic mass is 9.99. The number of hydrogen-bond donors (Lipinski definition) is 2. The molecule has 1 aliphatic rings. The van der Waals surface area contributed by atoms with Crippen LogP contribution in [0.5, 0.6) is 6.01 Å². The molecule has 3 amide bonds. The van der Waals surface area contributed by atoms with Crippen LogP contribution in [0.4, 0.5) is 35.2 Å². The number of para-hydroxylation sites is 1. The van der Waals surface area contributed by atoms with Crippen LogP contribution in [0.2, 0.25) is 0 Å². The number of anilines is 3. The lowest BCUT2D eigenvalue weighted by molar-refractivity contribution is 0.102. The highest BCUT2D eigenvalue weighted by atomic mass is 19.1. The van der Waals surface area contributed by atoms with E-state index in [4.69, 9.17) is 4.74 Å². The molecule has 0 bridgehead atoms. The Kier molecular flexibility index (Phi) is 9.33. The summed E-state index contributed by atoms with van der Waals surface area (Å²) in [5.74, 6) is -2.95. The predicted molar refractivity (Wildman–Crippen MR) is 159 cm³/mol. The first-order chi connectivity index (χ1) is 20.5. The average molecular weight is 592 g/mol. The molecule has 2 N–H and O–H groups in total. The van der Waals surface area contributed by atoms with E-state index in [1.165, 1.54) is 18.2 Å². The molecule has 0 spiro atoms. The molecule has 8 nitrogen and oxygen atoms in total. The minimum absolute atomic E-state index is 0.0311. The summed E-state index contributed by atoms with van der Waals surface area (Å²) in [5.41, 5.74) is 2.40. The molecule has 1 aromatic heterocycles. The van der Waals surface area contributed by atoms with Gasteiger partial charge in [-0.05, 0) is 75.2 Å². The van der Waals surface area contributed by atoms with Crippen LogP contribution >= 0.6 is 0 Å². The van der Waals surface area contributed by atoms with Crippen molar-refractivity contribution in [1.82, 2.24) is 15.3 Å². The van der Waals surface area contributed by atoms with Gasteiger partial charge in [-0.3, -0.25) is 4.79 Å². The summed E-state index contributed by atoms with van der Waals surface area (Å²) < 4.78 is 49.5. The topological polar surface area (TPSA) is 96.5 Å². The summed E-state index contributed by atoms with van der Waals surface area (Å²) in [7, 11) is 0. The largest absolute Gasteiger partial charge is 0.461 e. The van der Waals surface area contributed by atoms with E-state index in [0.717, 1.165) is 28.7 Å². The third-order valence-electron chi connectivity index (χ3n) is 6.48. The number of nitrogens with zero attached hydrogens (tertiary/aromatic N) is 3. The zero-order valence-electron chi connectivity index (χ0n) is 24.7. The highest BCUT2D eigenvalue weighted by Gasteiger charge is 2.34. The monoisotopic (exact) mass is 591 g/mol. The first-order valence-electron chi connectivity index (χ1n) is 13.8. The van der Waals surface area contributed by atoms with Crippen LogP contribution in [0.25, 0.3) is 11.3 Å². The van der Waals surface area contributed by atoms with E-state index in [0.29, 0.717) is 28.1 Å². The molecule has 11 heteroatoms. The van der Waals surface area contributed by atoms with Gasteiger partial charge in [-0.1, -0.05) is 32.0 Å². The van der Waals surface area contributed by atoms with Crippen molar-refractivity contribution in [3.05, 3.63) is 94.3 Å². The molecule has 0 saturated heterocycles. The molecular formula is C32H32F3N5O3. The van der Waals surface area contributed by atoms with Crippen LogP contribution in [0.15, 0.2) is 54.6 Å². The number of carbonyl (C=O) groups is 2. The van der Waals surface area contributed by atoms with Gasteiger partial charge < -0.3 is 15.4 Å². The van der Waals surface area contributed by atoms with E-state index in [9.17, 15) is 22.8 Å². The summed E-state index contributed by atoms with van der Waals surface area (Å²) in [6.07, 6.45) is -0.349. The van der Waals surface area contributed by atoms with Gasteiger partial charge in [0.1, 0.15) is 23.1 Å². The molecule has 0 unspecified atom stereocenters. The Morgan fingerprint density at radius 1 is 0.953 bits per heavy atom. The van der Waals surface area contributed by atoms with Gasteiger partial charge in [0.15, 0.2) is 5.82 Å². The predicted octanol–water partition coefficient (Wildman–Crippen LogP) is 7.60. The summed E-state index contributed by atoms with van der Waals surface area (Å²) >= 11 is 0. The molecule has 0 atom stereocenters. The van der Waals surface area contributed by atoms with Gasteiger partial charge >= 0.3 is 12.0 Å². The van der Waals surface area contributed by atoms with Crippen LogP contribution in [0.1, 0.15) is 54.7 Å². The highest BCUT2D eigenvalue weighted by molar-refractivity contribution is 6.05. The number of halogens is 3. The number of benzene rings is 3. The van der Waals surface area contributed by atoms with Crippen LogP contribution in [-0.2, 0) is 6.54 Å². The number of fused-ring (bicyclic) bond motifs is 1. The summed E-state index contributed by atoms with van der Waals surface area (Å²) in [5, 5.41) is 5.40. The van der Waals surface area contributed by atoms with Crippen LogP contribution in [-0.4, -0.2) is 28.0 Å². The van der Waals surface area contributed by atoms with E-state index in [2.05, 4.69) is 20.6 Å². The minimum atomic E-state index is -0.951. The Bertz CT molecular complexity index is 1670. The molecule has 43 heavy (non-hydrogen) atoms. The van der Waals surface area contributed by atoms with E-state index >= 15 is 0 Å². The van der Waals surface area contributed by atoms with Crippen molar-refractivity contribution in [1.29, 1.82) is 0 Å².